The fourth-order valence-electron chi connectivity index (χ4n) is 2.75. The van der Waals surface area contributed by atoms with Gasteiger partial charge in [-0.3, -0.25) is 9.69 Å². The molecule has 1 aromatic heterocycles. The van der Waals surface area contributed by atoms with E-state index in [2.05, 4.69) is 9.72 Å². The number of aromatic nitrogens is 1. The summed E-state index contributed by atoms with van der Waals surface area (Å²) in [6.07, 6.45) is -0.234. The number of esters is 1. The van der Waals surface area contributed by atoms with E-state index < -0.39 is 17.0 Å². The molecular formula is C18H17N3O6. The Kier molecular flexibility index (Phi) is 5.02. The second-order valence-electron chi connectivity index (χ2n) is 5.88. The van der Waals surface area contributed by atoms with Crippen molar-refractivity contribution in [1.82, 2.24) is 4.98 Å². The first-order valence-corrected chi connectivity index (χ1v) is 8.25. The number of carbonyl (C=O) groups excluding carboxylic acids is 2. The maximum atomic E-state index is 12.7. The lowest BCUT2D eigenvalue weighted by Gasteiger charge is -2.30. The van der Waals surface area contributed by atoms with E-state index >= 15 is 0 Å². The van der Waals surface area contributed by atoms with Gasteiger partial charge >= 0.3 is 11.8 Å². The molecule has 3 rings (SSSR count). The maximum absolute atomic E-state index is 12.7. The zero-order valence-electron chi connectivity index (χ0n) is 14.7. The topological polar surface area (TPSA) is 112 Å². The van der Waals surface area contributed by atoms with Crippen molar-refractivity contribution in [2.75, 3.05) is 12.0 Å². The van der Waals surface area contributed by atoms with E-state index in [1.165, 1.54) is 24.1 Å². The van der Waals surface area contributed by atoms with Gasteiger partial charge in [0.1, 0.15) is 0 Å². The molecule has 1 unspecified atom stereocenters. The lowest BCUT2D eigenvalue weighted by Crippen LogP contribution is -2.45. The van der Waals surface area contributed by atoms with Gasteiger partial charge in [-0.1, -0.05) is 19.1 Å². The molecule has 9 heteroatoms. The number of fused-ring (bicyclic) bond motifs is 1. The number of benzene rings is 1. The summed E-state index contributed by atoms with van der Waals surface area (Å²) in [7, 11) is 1.29. The third-order valence-corrected chi connectivity index (χ3v) is 4.16. The monoisotopic (exact) mass is 371 g/mol. The molecule has 2 heterocycles. The van der Waals surface area contributed by atoms with E-state index in [4.69, 9.17) is 4.74 Å². The number of rotatable bonds is 5. The first-order chi connectivity index (χ1) is 12.9. The van der Waals surface area contributed by atoms with Crippen LogP contribution in [0.15, 0.2) is 36.4 Å². The van der Waals surface area contributed by atoms with Crippen molar-refractivity contribution >= 4 is 23.5 Å². The quantitative estimate of drug-likeness (QED) is 0.451. The molecule has 0 saturated carbocycles. The fourth-order valence-corrected chi connectivity index (χ4v) is 2.75. The van der Waals surface area contributed by atoms with E-state index in [0.29, 0.717) is 17.7 Å². The molecule has 0 N–H and O–H groups in total. The summed E-state index contributed by atoms with van der Waals surface area (Å²) in [5.74, 6) is -0.729. The predicted octanol–water partition coefficient (Wildman–Crippen LogP) is 2.48. The lowest BCUT2D eigenvalue weighted by atomic mass is 10.1. The first kappa shape index (κ1) is 18.3. The number of nitrogens with zero attached hydrogens (tertiary/aromatic N) is 3. The van der Waals surface area contributed by atoms with Crippen LogP contribution in [0, 0.1) is 10.1 Å². The van der Waals surface area contributed by atoms with Crippen molar-refractivity contribution in [3.05, 3.63) is 57.6 Å². The van der Waals surface area contributed by atoms with Gasteiger partial charge in [-0.05, 0) is 40.1 Å². The Morgan fingerprint density at radius 3 is 2.59 bits per heavy atom. The number of anilines is 1. The summed E-state index contributed by atoms with van der Waals surface area (Å²) in [6, 6.07) is 9.24. The third-order valence-electron chi connectivity index (χ3n) is 4.16. The molecule has 1 amide bonds. The molecule has 140 valence electrons. The molecule has 1 atom stereocenters. The number of carbonyl (C=O) groups is 2. The van der Waals surface area contributed by atoms with Gasteiger partial charge < -0.3 is 19.6 Å². The van der Waals surface area contributed by atoms with Crippen LogP contribution in [0.25, 0.3) is 0 Å². The Morgan fingerprint density at radius 2 is 2.00 bits per heavy atom. The third kappa shape index (κ3) is 3.57. The van der Waals surface area contributed by atoms with Crippen LogP contribution in [0.1, 0.15) is 29.3 Å². The molecular weight excluding hydrogens is 354 g/mol. The van der Waals surface area contributed by atoms with Crippen molar-refractivity contribution in [3.63, 3.8) is 0 Å². The minimum atomic E-state index is -0.685. The van der Waals surface area contributed by atoms with Crippen LogP contribution in [0.3, 0.4) is 0 Å². The molecule has 0 radical (unpaired) electrons. The number of hydrogen-bond acceptors (Lipinski definition) is 7. The first-order valence-electron chi connectivity index (χ1n) is 8.25. The van der Waals surface area contributed by atoms with Gasteiger partial charge in [0.25, 0.3) is 11.7 Å². The summed E-state index contributed by atoms with van der Waals surface area (Å²) in [5.41, 5.74) is 1.11. The van der Waals surface area contributed by atoms with Crippen LogP contribution in [0.2, 0.25) is 0 Å². The highest BCUT2D eigenvalue weighted by Crippen LogP contribution is 2.35. The molecule has 0 saturated heterocycles. The van der Waals surface area contributed by atoms with Crippen LogP contribution < -0.4 is 9.64 Å². The average Bonchev–Trinajstić information content (AvgIpc) is 2.69. The zero-order valence-corrected chi connectivity index (χ0v) is 14.7. The van der Waals surface area contributed by atoms with Gasteiger partial charge in [0.2, 0.25) is 0 Å². The van der Waals surface area contributed by atoms with E-state index in [1.54, 1.807) is 24.3 Å². The smallest absolute Gasteiger partial charge is 0.366 e. The van der Waals surface area contributed by atoms with E-state index in [1.807, 2.05) is 6.92 Å². The average molecular weight is 371 g/mol. The largest absolute Gasteiger partial charge is 0.474 e. The highest BCUT2D eigenvalue weighted by Gasteiger charge is 2.38. The Balaban J connectivity index is 1.95. The molecule has 1 aliphatic rings. The highest BCUT2D eigenvalue weighted by atomic mass is 16.6. The molecule has 1 aromatic carbocycles. The standard InChI is InChI=1S/C18H17N3O6/c1-3-13-17(22)20(10-11-4-6-12(7-5-11)18(23)26-2)16-14(27-13)8-9-15(19-16)21(24)25/h4-9,13H,3,10H2,1-2H3. The summed E-state index contributed by atoms with van der Waals surface area (Å²) >= 11 is 0. The van der Waals surface area contributed by atoms with Gasteiger partial charge in [0.15, 0.2) is 11.9 Å². The highest BCUT2D eigenvalue weighted by molar-refractivity contribution is 5.99. The number of amides is 1. The second-order valence-corrected chi connectivity index (χ2v) is 5.88. The van der Waals surface area contributed by atoms with Crippen LogP contribution in [0.5, 0.6) is 5.75 Å². The molecule has 0 aliphatic carbocycles. The normalized spacial score (nSPS) is 15.7. The Labute approximate surface area is 154 Å². The van der Waals surface area contributed by atoms with E-state index in [-0.39, 0.29) is 24.1 Å². The molecule has 0 bridgehead atoms. The van der Waals surface area contributed by atoms with Gasteiger partial charge in [-0.15, -0.1) is 0 Å². The van der Waals surface area contributed by atoms with Crippen LogP contribution >= 0.6 is 0 Å². The van der Waals surface area contributed by atoms with Crippen molar-refractivity contribution < 1.29 is 24.0 Å². The van der Waals surface area contributed by atoms with Gasteiger partial charge in [0, 0.05) is 6.07 Å². The summed E-state index contributed by atoms with van der Waals surface area (Å²) < 4.78 is 10.3. The summed E-state index contributed by atoms with van der Waals surface area (Å²) in [6.45, 7) is 1.96. The van der Waals surface area contributed by atoms with Crippen LogP contribution in [0.4, 0.5) is 11.6 Å². The zero-order chi connectivity index (χ0) is 19.6. The Morgan fingerprint density at radius 1 is 1.30 bits per heavy atom. The van der Waals surface area contributed by atoms with E-state index in [9.17, 15) is 19.7 Å². The van der Waals surface area contributed by atoms with Gasteiger partial charge in [-0.25, -0.2) is 4.79 Å². The van der Waals surface area contributed by atoms with Crippen molar-refractivity contribution in [2.45, 2.75) is 26.0 Å². The molecule has 1 aliphatic heterocycles. The minimum Gasteiger partial charge on any atom is -0.474 e. The SMILES string of the molecule is CCC1Oc2ccc([N+](=O)[O-])nc2N(Cc2ccc(C(=O)OC)cc2)C1=O. The molecule has 27 heavy (non-hydrogen) atoms. The Hall–Kier alpha value is -3.49. The van der Waals surface area contributed by atoms with Crippen molar-refractivity contribution in [1.29, 1.82) is 0 Å². The molecule has 0 spiro atoms. The molecule has 2 aromatic rings. The number of hydrogen-bond donors (Lipinski definition) is 0. The molecule has 9 nitrogen and oxygen atoms in total. The minimum absolute atomic E-state index is 0.107. The van der Waals surface area contributed by atoms with Crippen molar-refractivity contribution in [2.24, 2.45) is 0 Å². The van der Waals surface area contributed by atoms with Crippen LogP contribution in [-0.2, 0) is 16.1 Å². The van der Waals surface area contributed by atoms with Crippen LogP contribution in [-0.4, -0.2) is 35.0 Å². The lowest BCUT2D eigenvalue weighted by molar-refractivity contribution is -0.389. The fraction of sp³-hybridized carbons (Fsp3) is 0.278. The number of pyridine rings is 1. The van der Waals surface area contributed by atoms with Gasteiger partial charge in [0.05, 0.1) is 19.2 Å². The van der Waals surface area contributed by atoms with Gasteiger partial charge in [-0.2, -0.15) is 0 Å². The molecule has 0 fully saturated rings. The maximum Gasteiger partial charge on any atom is 0.366 e. The Bertz CT molecular complexity index is 896. The predicted molar refractivity (Wildman–Crippen MR) is 94.6 cm³/mol. The van der Waals surface area contributed by atoms with E-state index in [0.717, 1.165) is 5.56 Å². The number of methoxy groups -OCH3 is 1. The van der Waals surface area contributed by atoms with Crippen molar-refractivity contribution in [3.8, 4) is 5.75 Å². The number of ether oxygens (including phenoxy) is 2. The number of nitro groups is 1. The summed E-state index contributed by atoms with van der Waals surface area (Å²) in [4.78, 5) is 40.0. The second kappa shape index (κ2) is 7.40. The summed E-state index contributed by atoms with van der Waals surface area (Å²) in [5, 5.41) is 11.0.